The molecule has 2 aromatic rings. The van der Waals surface area contributed by atoms with E-state index in [2.05, 4.69) is 26.0 Å². The molecule has 0 fully saturated rings. The fourth-order valence-electron chi connectivity index (χ4n) is 1.15. The first kappa shape index (κ1) is 14.1. The molecule has 2 rings (SSSR count). The maximum Gasteiger partial charge on any atom is 1.00 e. The topological polar surface area (TPSA) is 79.5 Å². The molecule has 1 unspecified atom stereocenters. The van der Waals surface area contributed by atoms with Crippen molar-refractivity contribution in [3.05, 3.63) is 16.9 Å². The molecule has 2 heterocycles. The van der Waals surface area contributed by atoms with Gasteiger partial charge in [0.15, 0.2) is 5.65 Å². The maximum atomic E-state index is 11.0. The van der Waals surface area contributed by atoms with Gasteiger partial charge >= 0.3 is 29.6 Å². The van der Waals surface area contributed by atoms with Gasteiger partial charge in [-0.05, 0) is 27.0 Å². The summed E-state index contributed by atoms with van der Waals surface area (Å²) in [6, 6.07) is 0. The van der Waals surface area contributed by atoms with Crippen LogP contribution in [0.1, 0.15) is 0 Å². The van der Waals surface area contributed by atoms with E-state index < -0.39 is 11.1 Å². The molecule has 0 N–H and O–H groups in total. The summed E-state index contributed by atoms with van der Waals surface area (Å²) in [4.78, 5) is 3.91. The fourth-order valence-corrected chi connectivity index (χ4v) is 2.01. The van der Waals surface area contributed by atoms with E-state index in [1.165, 1.54) is 17.8 Å². The van der Waals surface area contributed by atoms with E-state index in [4.69, 9.17) is 4.74 Å². The summed E-state index contributed by atoms with van der Waals surface area (Å²) in [7, 11) is 1.35. The largest absolute Gasteiger partial charge is 1.00 e. The molecule has 0 aliphatic rings. The van der Waals surface area contributed by atoms with Crippen LogP contribution in [0.25, 0.3) is 5.65 Å². The van der Waals surface area contributed by atoms with Gasteiger partial charge in [-0.15, -0.1) is 5.10 Å². The Morgan fingerprint density at radius 1 is 1.62 bits per heavy atom. The van der Waals surface area contributed by atoms with Gasteiger partial charge in [-0.25, -0.2) is 9.50 Å². The van der Waals surface area contributed by atoms with E-state index in [-0.39, 0.29) is 46.0 Å². The zero-order valence-electron chi connectivity index (χ0n) is 8.51. The standard InChI is InChI=1S/C7H6BrN3O3S.Na/c1-14-7-5(15(12)13)6-9-2-4(8)3-11(6)10-7;/h2-3H,1H3,(H,12,13);/q;+1/p-1. The van der Waals surface area contributed by atoms with Crippen LogP contribution in [0.5, 0.6) is 5.88 Å². The second-order valence-electron chi connectivity index (χ2n) is 2.61. The van der Waals surface area contributed by atoms with Crippen LogP contribution in [-0.2, 0) is 11.1 Å². The van der Waals surface area contributed by atoms with Crippen molar-refractivity contribution in [3.63, 3.8) is 0 Å². The summed E-state index contributed by atoms with van der Waals surface area (Å²) in [5.41, 5.74) is 0.239. The predicted molar refractivity (Wildman–Crippen MR) is 54.4 cm³/mol. The number of fused-ring (bicyclic) bond motifs is 1. The molecule has 80 valence electrons. The molecular weight excluding hydrogens is 309 g/mol. The van der Waals surface area contributed by atoms with Gasteiger partial charge in [-0.3, -0.25) is 4.21 Å². The van der Waals surface area contributed by atoms with Crippen molar-refractivity contribution in [2.75, 3.05) is 7.11 Å². The Balaban J connectivity index is 0.00000128. The zero-order valence-corrected chi connectivity index (χ0v) is 12.9. The van der Waals surface area contributed by atoms with Crippen molar-refractivity contribution in [2.24, 2.45) is 0 Å². The second-order valence-corrected chi connectivity index (χ2v) is 4.41. The average Bonchev–Trinajstić information content (AvgIpc) is 2.54. The molecule has 0 aliphatic carbocycles. The van der Waals surface area contributed by atoms with Crippen molar-refractivity contribution >= 4 is 32.7 Å². The number of ether oxygens (including phenoxy) is 1. The van der Waals surface area contributed by atoms with E-state index in [1.54, 1.807) is 6.20 Å². The summed E-state index contributed by atoms with van der Waals surface area (Å²) in [6.07, 6.45) is 3.09. The quantitative estimate of drug-likeness (QED) is 0.462. The molecule has 0 saturated heterocycles. The summed E-state index contributed by atoms with van der Waals surface area (Å²) >= 11 is 0.780. The molecule has 2 aromatic heterocycles. The van der Waals surface area contributed by atoms with Gasteiger partial charge in [0.25, 0.3) is 5.88 Å². The first-order valence-electron chi connectivity index (χ1n) is 3.80. The number of hydrogen-bond donors (Lipinski definition) is 0. The third-order valence-corrected chi connectivity index (χ3v) is 2.83. The monoisotopic (exact) mass is 313 g/mol. The summed E-state index contributed by atoms with van der Waals surface area (Å²) in [5, 5.41) is 3.92. The van der Waals surface area contributed by atoms with Crippen molar-refractivity contribution in [1.29, 1.82) is 0 Å². The Morgan fingerprint density at radius 2 is 2.31 bits per heavy atom. The third-order valence-electron chi connectivity index (χ3n) is 1.73. The molecule has 0 aliphatic heterocycles. The van der Waals surface area contributed by atoms with Crippen LogP contribution in [0.4, 0.5) is 0 Å². The molecule has 16 heavy (non-hydrogen) atoms. The third kappa shape index (κ3) is 2.47. The van der Waals surface area contributed by atoms with Crippen LogP contribution >= 0.6 is 15.9 Å². The Hall–Kier alpha value is 0.01000. The van der Waals surface area contributed by atoms with Gasteiger partial charge in [0, 0.05) is 12.4 Å². The van der Waals surface area contributed by atoms with E-state index in [9.17, 15) is 8.76 Å². The number of nitrogens with zero attached hydrogens (tertiary/aromatic N) is 3. The van der Waals surface area contributed by atoms with Gasteiger partial charge in [-0.2, -0.15) is 0 Å². The predicted octanol–water partition coefficient (Wildman–Crippen LogP) is -2.26. The smallest absolute Gasteiger partial charge is 0.768 e. The van der Waals surface area contributed by atoms with E-state index >= 15 is 0 Å². The Kier molecular flexibility index (Phi) is 4.89. The first-order valence-corrected chi connectivity index (χ1v) is 5.67. The summed E-state index contributed by atoms with van der Waals surface area (Å²) in [6.45, 7) is 0. The number of methoxy groups -OCH3 is 1. The molecule has 0 bridgehead atoms. The minimum Gasteiger partial charge on any atom is -0.768 e. The molecule has 0 saturated carbocycles. The van der Waals surface area contributed by atoms with E-state index in [0.717, 1.165) is 0 Å². The number of hydrogen-bond acceptors (Lipinski definition) is 5. The van der Waals surface area contributed by atoms with Gasteiger partial charge < -0.3 is 9.29 Å². The minimum atomic E-state index is -2.43. The van der Waals surface area contributed by atoms with Gasteiger partial charge in [0.1, 0.15) is 4.90 Å². The van der Waals surface area contributed by atoms with Gasteiger partial charge in [-0.1, -0.05) is 0 Å². The molecule has 0 spiro atoms. The molecular formula is C7H5BrN3NaO3S. The van der Waals surface area contributed by atoms with Crippen LogP contribution in [0.15, 0.2) is 21.8 Å². The Morgan fingerprint density at radius 3 is 2.88 bits per heavy atom. The molecule has 9 heteroatoms. The summed E-state index contributed by atoms with van der Waals surface area (Å²) in [5.74, 6) is 0.0360. The number of rotatable bonds is 2. The molecule has 6 nitrogen and oxygen atoms in total. The fraction of sp³-hybridized carbons (Fsp3) is 0.143. The number of halogens is 1. The molecule has 0 aromatic carbocycles. The van der Waals surface area contributed by atoms with Crippen molar-refractivity contribution in [2.45, 2.75) is 4.90 Å². The first-order chi connectivity index (χ1) is 7.13. The van der Waals surface area contributed by atoms with E-state index in [0.29, 0.717) is 4.47 Å². The summed E-state index contributed by atoms with van der Waals surface area (Å²) < 4.78 is 28.8. The molecule has 0 radical (unpaired) electrons. The van der Waals surface area contributed by atoms with Crippen LogP contribution < -0.4 is 34.3 Å². The maximum absolute atomic E-state index is 11.0. The van der Waals surface area contributed by atoms with Crippen molar-refractivity contribution in [1.82, 2.24) is 14.6 Å². The van der Waals surface area contributed by atoms with Crippen LogP contribution in [0, 0.1) is 0 Å². The minimum absolute atomic E-state index is 0. The van der Waals surface area contributed by atoms with Crippen LogP contribution in [-0.4, -0.2) is 30.5 Å². The van der Waals surface area contributed by atoms with Crippen LogP contribution in [0.3, 0.4) is 0 Å². The SMILES string of the molecule is COc1nn2cc(Br)cnc2c1S(=O)[O-].[Na+]. The Bertz CT molecular complexity index is 547. The van der Waals surface area contributed by atoms with Crippen molar-refractivity contribution in [3.8, 4) is 5.88 Å². The van der Waals surface area contributed by atoms with E-state index in [1.807, 2.05) is 0 Å². The van der Waals surface area contributed by atoms with Gasteiger partial charge in [0.2, 0.25) is 0 Å². The molecule has 1 atom stereocenters. The van der Waals surface area contributed by atoms with Gasteiger partial charge in [0.05, 0.1) is 11.6 Å². The van der Waals surface area contributed by atoms with Crippen molar-refractivity contribution < 1.29 is 43.1 Å². The van der Waals surface area contributed by atoms with Crippen LogP contribution in [0.2, 0.25) is 0 Å². The average molecular weight is 314 g/mol. The normalized spacial score (nSPS) is 12.2. The second kappa shape index (κ2) is 5.56. The Labute approximate surface area is 124 Å². The zero-order chi connectivity index (χ0) is 11.0. The molecule has 0 amide bonds. The number of aromatic nitrogens is 3.